The zero-order chi connectivity index (χ0) is 22.0. The molecule has 0 spiro atoms. The van der Waals surface area contributed by atoms with E-state index >= 15 is 0 Å². The molecule has 0 atom stereocenters. The monoisotopic (exact) mass is 498 g/mol. The predicted molar refractivity (Wildman–Crippen MR) is 123 cm³/mol. The van der Waals surface area contributed by atoms with Gasteiger partial charge < -0.3 is 10.1 Å². The van der Waals surface area contributed by atoms with E-state index in [-0.39, 0.29) is 19.1 Å². The Kier molecular flexibility index (Phi) is 6.03. The van der Waals surface area contributed by atoms with E-state index in [0.717, 1.165) is 10.0 Å². The molecule has 5 nitrogen and oxygen atoms in total. The van der Waals surface area contributed by atoms with E-state index in [0.29, 0.717) is 21.9 Å². The molecule has 0 unspecified atom stereocenters. The number of hydrogen-bond acceptors (Lipinski definition) is 3. The number of benzene rings is 3. The van der Waals surface area contributed by atoms with Gasteiger partial charge in [-0.25, -0.2) is 4.79 Å². The molecular formula is C24H20BrClN2O3. The van der Waals surface area contributed by atoms with Gasteiger partial charge in [0.05, 0.1) is 11.0 Å². The summed E-state index contributed by atoms with van der Waals surface area (Å²) in [6, 6.07) is 21.6. The molecule has 1 N–H and O–H groups in total. The zero-order valence-electron chi connectivity index (χ0n) is 16.8. The van der Waals surface area contributed by atoms with Gasteiger partial charge in [-0.05, 0) is 51.7 Å². The lowest BCUT2D eigenvalue weighted by atomic mass is 9.82. The number of halogens is 2. The number of nitrogens with zero attached hydrogens (tertiary/aromatic N) is 1. The van der Waals surface area contributed by atoms with Gasteiger partial charge in [-0.2, -0.15) is 0 Å². The number of nitrogens with one attached hydrogen (secondary N) is 1. The van der Waals surface area contributed by atoms with Crippen LogP contribution in [0.25, 0.3) is 0 Å². The zero-order valence-corrected chi connectivity index (χ0v) is 19.1. The Labute approximate surface area is 194 Å². The van der Waals surface area contributed by atoms with Crippen LogP contribution in [0, 0.1) is 6.92 Å². The van der Waals surface area contributed by atoms with Crippen LogP contribution in [0.4, 0.5) is 4.79 Å². The van der Waals surface area contributed by atoms with E-state index in [4.69, 9.17) is 16.3 Å². The van der Waals surface area contributed by atoms with Crippen LogP contribution in [0.15, 0.2) is 77.3 Å². The van der Waals surface area contributed by atoms with Crippen LogP contribution in [0.1, 0.15) is 16.7 Å². The number of rotatable bonds is 6. The molecule has 0 saturated carbocycles. The fraction of sp³-hybridized carbons (Fsp3) is 0.167. The summed E-state index contributed by atoms with van der Waals surface area (Å²) < 4.78 is 6.60. The van der Waals surface area contributed by atoms with Crippen molar-refractivity contribution >= 4 is 39.5 Å². The molecule has 1 aliphatic heterocycles. The van der Waals surface area contributed by atoms with Gasteiger partial charge in [-0.1, -0.05) is 72.3 Å². The molecule has 0 bridgehead atoms. The topological polar surface area (TPSA) is 58.6 Å². The maximum absolute atomic E-state index is 13.6. The summed E-state index contributed by atoms with van der Waals surface area (Å²) in [5.74, 6) is 0.305. The van der Waals surface area contributed by atoms with Crippen molar-refractivity contribution < 1.29 is 14.3 Å². The fourth-order valence-corrected chi connectivity index (χ4v) is 4.90. The molecule has 0 aliphatic carbocycles. The number of ether oxygens (including phenoxy) is 1. The minimum absolute atomic E-state index is 0.112. The van der Waals surface area contributed by atoms with Gasteiger partial charge in [0.1, 0.15) is 12.4 Å². The third-order valence-electron chi connectivity index (χ3n) is 5.27. The number of urea groups is 1. The van der Waals surface area contributed by atoms with Gasteiger partial charge in [0, 0.05) is 5.02 Å². The van der Waals surface area contributed by atoms with E-state index in [1.165, 1.54) is 4.90 Å². The molecule has 0 aromatic heterocycles. The van der Waals surface area contributed by atoms with Crippen molar-refractivity contribution in [2.24, 2.45) is 0 Å². The molecule has 31 heavy (non-hydrogen) atoms. The van der Waals surface area contributed by atoms with Crippen LogP contribution in [0.2, 0.25) is 5.02 Å². The minimum Gasteiger partial charge on any atom is -0.490 e. The lowest BCUT2D eigenvalue weighted by molar-refractivity contribution is -0.130. The van der Waals surface area contributed by atoms with Gasteiger partial charge in [0.2, 0.25) is 0 Å². The van der Waals surface area contributed by atoms with Crippen LogP contribution in [0.3, 0.4) is 0 Å². The average Bonchev–Trinajstić information content (AvgIpc) is 3.02. The van der Waals surface area contributed by atoms with Crippen molar-refractivity contribution in [2.75, 3.05) is 13.2 Å². The molecule has 3 aromatic rings. The molecule has 0 radical (unpaired) electrons. The third-order valence-corrected chi connectivity index (χ3v) is 6.08. The van der Waals surface area contributed by atoms with Crippen LogP contribution in [-0.2, 0) is 10.3 Å². The third kappa shape index (κ3) is 3.93. The SMILES string of the molecule is Cc1cc(Cl)cc(Br)c1OCCN1C(=O)NC(c2ccccc2)(c2ccccc2)C1=O. The second-order valence-corrected chi connectivity index (χ2v) is 8.54. The fourth-order valence-electron chi connectivity index (χ4n) is 3.82. The van der Waals surface area contributed by atoms with E-state index in [1.54, 1.807) is 12.1 Å². The first kappa shape index (κ1) is 21.4. The summed E-state index contributed by atoms with van der Waals surface area (Å²) in [5, 5.41) is 3.53. The standard InChI is InChI=1S/C24H20BrClN2O3/c1-16-14-19(26)15-20(25)21(16)31-13-12-28-22(29)24(27-23(28)30,17-8-4-2-5-9-17)18-10-6-3-7-11-18/h2-11,14-15H,12-13H2,1H3,(H,27,30). The van der Waals surface area contributed by atoms with E-state index in [1.807, 2.05) is 67.6 Å². The van der Waals surface area contributed by atoms with Crippen LogP contribution >= 0.6 is 27.5 Å². The molecule has 4 rings (SSSR count). The first-order valence-electron chi connectivity index (χ1n) is 9.77. The Morgan fingerprint density at radius 2 is 1.58 bits per heavy atom. The molecule has 1 heterocycles. The number of imide groups is 1. The summed E-state index contributed by atoms with van der Waals surface area (Å²) in [4.78, 5) is 27.7. The van der Waals surface area contributed by atoms with Crippen molar-refractivity contribution in [1.29, 1.82) is 0 Å². The van der Waals surface area contributed by atoms with Crippen molar-refractivity contribution in [3.8, 4) is 5.75 Å². The summed E-state index contributed by atoms with van der Waals surface area (Å²) in [5.41, 5.74) is 1.01. The van der Waals surface area contributed by atoms with Crippen LogP contribution < -0.4 is 10.1 Å². The first-order valence-corrected chi connectivity index (χ1v) is 10.9. The highest BCUT2D eigenvalue weighted by Crippen LogP contribution is 2.36. The van der Waals surface area contributed by atoms with Gasteiger partial charge in [-0.3, -0.25) is 9.69 Å². The smallest absolute Gasteiger partial charge is 0.325 e. The minimum atomic E-state index is -1.27. The summed E-state index contributed by atoms with van der Waals surface area (Å²) in [6.07, 6.45) is 0. The number of carbonyl (C=O) groups is 2. The van der Waals surface area contributed by atoms with Crippen LogP contribution in [-0.4, -0.2) is 30.0 Å². The molecular weight excluding hydrogens is 480 g/mol. The predicted octanol–water partition coefficient (Wildman–Crippen LogP) is 5.29. The first-order chi connectivity index (χ1) is 14.9. The highest BCUT2D eigenvalue weighted by molar-refractivity contribution is 9.10. The Bertz CT molecular complexity index is 1060. The summed E-state index contributed by atoms with van der Waals surface area (Å²) >= 11 is 9.50. The van der Waals surface area contributed by atoms with Crippen LogP contribution in [0.5, 0.6) is 5.75 Å². The summed E-state index contributed by atoms with van der Waals surface area (Å²) in [6.45, 7) is 2.15. The molecule has 3 aromatic carbocycles. The molecule has 158 valence electrons. The molecule has 1 aliphatic rings. The van der Waals surface area contributed by atoms with E-state index < -0.39 is 11.6 Å². The highest BCUT2D eigenvalue weighted by Gasteiger charge is 2.53. The summed E-state index contributed by atoms with van der Waals surface area (Å²) in [7, 11) is 0. The average molecular weight is 500 g/mol. The normalized spacial score (nSPS) is 15.1. The lowest BCUT2D eigenvalue weighted by Crippen LogP contribution is -2.45. The van der Waals surface area contributed by atoms with Crippen molar-refractivity contribution in [1.82, 2.24) is 10.2 Å². The molecule has 1 fully saturated rings. The quantitative estimate of drug-likeness (QED) is 0.469. The van der Waals surface area contributed by atoms with Gasteiger partial charge in [0.25, 0.3) is 5.91 Å². The number of aryl methyl sites for hydroxylation is 1. The Hall–Kier alpha value is -2.83. The lowest BCUT2D eigenvalue weighted by Gasteiger charge is -2.28. The van der Waals surface area contributed by atoms with E-state index in [2.05, 4.69) is 21.2 Å². The number of hydrogen-bond donors (Lipinski definition) is 1. The maximum Gasteiger partial charge on any atom is 0.325 e. The van der Waals surface area contributed by atoms with Gasteiger partial charge in [0.15, 0.2) is 5.54 Å². The van der Waals surface area contributed by atoms with Crippen molar-refractivity contribution in [2.45, 2.75) is 12.5 Å². The Balaban J connectivity index is 1.60. The Morgan fingerprint density at radius 3 is 2.13 bits per heavy atom. The van der Waals surface area contributed by atoms with Gasteiger partial charge >= 0.3 is 6.03 Å². The molecule has 3 amide bonds. The second kappa shape index (κ2) is 8.73. The van der Waals surface area contributed by atoms with Crippen molar-refractivity contribution in [3.05, 3.63) is 99.0 Å². The largest absolute Gasteiger partial charge is 0.490 e. The molecule has 1 saturated heterocycles. The van der Waals surface area contributed by atoms with Gasteiger partial charge in [-0.15, -0.1) is 0 Å². The number of amides is 3. The maximum atomic E-state index is 13.6. The second-order valence-electron chi connectivity index (χ2n) is 7.25. The number of carbonyl (C=O) groups excluding carboxylic acids is 2. The van der Waals surface area contributed by atoms with E-state index in [9.17, 15) is 9.59 Å². The molecule has 7 heteroatoms. The van der Waals surface area contributed by atoms with Crippen molar-refractivity contribution in [3.63, 3.8) is 0 Å². The Morgan fingerprint density at radius 1 is 1.00 bits per heavy atom. The highest BCUT2D eigenvalue weighted by atomic mass is 79.9.